The van der Waals surface area contributed by atoms with Gasteiger partial charge in [0.2, 0.25) is 0 Å². The number of hydrogen-bond donors (Lipinski definition) is 2. The number of nitrogens with zero attached hydrogens (tertiary/aromatic N) is 2. The van der Waals surface area contributed by atoms with Crippen molar-refractivity contribution in [2.24, 2.45) is 5.84 Å². The second-order valence-electron chi connectivity index (χ2n) is 4.13. The minimum absolute atomic E-state index is 0.0562. The number of hydrazine groups is 1. The second kappa shape index (κ2) is 5.91. The molecule has 0 radical (unpaired) electrons. The summed E-state index contributed by atoms with van der Waals surface area (Å²) in [4.78, 5) is 8.56. The van der Waals surface area contributed by atoms with E-state index < -0.39 is 0 Å². The standard InChI is InChI=1S/C13H15ClN4/c1-9-7-17-13(8-16-9)12(18-15)6-10-2-4-11(14)5-3-10/h2-5,7-8,12,18H,6,15H2,1H3. The summed E-state index contributed by atoms with van der Waals surface area (Å²) in [6.07, 6.45) is 4.22. The van der Waals surface area contributed by atoms with Crippen molar-refractivity contribution in [1.82, 2.24) is 15.4 Å². The van der Waals surface area contributed by atoms with Gasteiger partial charge in [0, 0.05) is 11.2 Å². The van der Waals surface area contributed by atoms with Gasteiger partial charge in [0.15, 0.2) is 0 Å². The minimum Gasteiger partial charge on any atom is -0.271 e. The van der Waals surface area contributed by atoms with Crippen molar-refractivity contribution in [3.63, 3.8) is 0 Å². The minimum atomic E-state index is -0.0562. The third-order valence-electron chi connectivity index (χ3n) is 2.71. The van der Waals surface area contributed by atoms with Gasteiger partial charge in [0.1, 0.15) is 0 Å². The molecule has 0 aliphatic carbocycles. The lowest BCUT2D eigenvalue weighted by Crippen LogP contribution is -2.30. The first-order chi connectivity index (χ1) is 8.69. The molecule has 0 aliphatic heterocycles. The fraction of sp³-hybridized carbons (Fsp3) is 0.231. The number of halogens is 1. The summed E-state index contributed by atoms with van der Waals surface area (Å²) >= 11 is 5.85. The first kappa shape index (κ1) is 13.0. The Bertz CT molecular complexity index is 495. The average molecular weight is 263 g/mol. The molecule has 0 fully saturated rings. The van der Waals surface area contributed by atoms with Gasteiger partial charge < -0.3 is 0 Å². The lowest BCUT2D eigenvalue weighted by molar-refractivity contribution is 0.535. The van der Waals surface area contributed by atoms with Crippen LogP contribution in [0, 0.1) is 6.92 Å². The van der Waals surface area contributed by atoms with E-state index in [-0.39, 0.29) is 6.04 Å². The van der Waals surface area contributed by atoms with Crippen LogP contribution in [-0.4, -0.2) is 9.97 Å². The van der Waals surface area contributed by atoms with Crippen molar-refractivity contribution in [2.45, 2.75) is 19.4 Å². The highest BCUT2D eigenvalue weighted by Crippen LogP contribution is 2.17. The molecule has 1 atom stereocenters. The Hall–Kier alpha value is -1.49. The molecule has 0 aliphatic rings. The van der Waals surface area contributed by atoms with E-state index in [1.165, 1.54) is 0 Å². The zero-order chi connectivity index (χ0) is 13.0. The van der Waals surface area contributed by atoms with Crippen LogP contribution in [0.4, 0.5) is 0 Å². The molecule has 2 rings (SSSR count). The van der Waals surface area contributed by atoms with Gasteiger partial charge >= 0.3 is 0 Å². The maximum atomic E-state index is 5.85. The van der Waals surface area contributed by atoms with E-state index in [1.807, 2.05) is 31.2 Å². The van der Waals surface area contributed by atoms with Crippen molar-refractivity contribution in [3.05, 3.63) is 58.6 Å². The summed E-state index contributed by atoms with van der Waals surface area (Å²) in [6.45, 7) is 1.90. The molecule has 5 heteroatoms. The topological polar surface area (TPSA) is 63.8 Å². The number of benzene rings is 1. The third-order valence-corrected chi connectivity index (χ3v) is 2.96. The summed E-state index contributed by atoms with van der Waals surface area (Å²) in [7, 11) is 0. The van der Waals surface area contributed by atoms with E-state index >= 15 is 0 Å². The van der Waals surface area contributed by atoms with E-state index in [9.17, 15) is 0 Å². The lowest BCUT2D eigenvalue weighted by atomic mass is 10.0. The Kier molecular flexibility index (Phi) is 4.25. The number of nitrogens with one attached hydrogen (secondary N) is 1. The summed E-state index contributed by atoms with van der Waals surface area (Å²) in [6, 6.07) is 7.64. The highest BCUT2D eigenvalue weighted by molar-refractivity contribution is 6.30. The molecule has 1 aromatic carbocycles. The number of nitrogens with two attached hydrogens (primary N) is 1. The first-order valence-electron chi connectivity index (χ1n) is 5.68. The summed E-state index contributed by atoms with van der Waals surface area (Å²) in [5, 5.41) is 0.728. The van der Waals surface area contributed by atoms with E-state index in [0.29, 0.717) is 0 Å². The Morgan fingerprint density at radius 1 is 1.22 bits per heavy atom. The number of rotatable bonds is 4. The molecular weight excluding hydrogens is 248 g/mol. The zero-order valence-corrected chi connectivity index (χ0v) is 10.9. The van der Waals surface area contributed by atoms with Gasteiger partial charge in [-0.25, -0.2) is 0 Å². The summed E-state index contributed by atoms with van der Waals surface area (Å²) < 4.78 is 0. The van der Waals surface area contributed by atoms with Gasteiger partial charge in [0.05, 0.1) is 23.6 Å². The van der Waals surface area contributed by atoms with Crippen LogP contribution in [0.25, 0.3) is 0 Å². The van der Waals surface area contributed by atoms with Crippen molar-refractivity contribution in [3.8, 4) is 0 Å². The third kappa shape index (κ3) is 3.26. The monoisotopic (exact) mass is 262 g/mol. The Morgan fingerprint density at radius 2 is 1.94 bits per heavy atom. The Morgan fingerprint density at radius 3 is 2.50 bits per heavy atom. The van der Waals surface area contributed by atoms with Crippen LogP contribution >= 0.6 is 11.6 Å². The molecule has 3 N–H and O–H groups in total. The molecule has 94 valence electrons. The van der Waals surface area contributed by atoms with E-state index in [1.54, 1.807) is 12.4 Å². The maximum Gasteiger partial charge on any atom is 0.0773 e. The van der Waals surface area contributed by atoms with Crippen molar-refractivity contribution in [1.29, 1.82) is 0 Å². The van der Waals surface area contributed by atoms with Gasteiger partial charge in [-0.05, 0) is 31.0 Å². The quantitative estimate of drug-likeness (QED) is 0.655. The Labute approximate surface area is 111 Å². The lowest BCUT2D eigenvalue weighted by Gasteiger charge is -2.15. The molecule has 0 saturated carbocycles. The molecule has 1 aromatic heterocycles. The number of aromatic nitrogens is 2. The second-order valence-corrected chi connectivity index (χ2v) is 4.57. The van der Waals surface area contributed by atoms with Gasteiger partial charge in [-0.2, -0.15) is 0 Å². The summed E-state index contributed by atoms with van der Waals surface area (Å²) in [5.74, 6) is 5.58. The number of aryl methyl sites for hydroxylation is 1. The molecule has 1 unspecified atom stereocenters. The van der Waals surface area contributed by atoms with Crippen molar-refractivity contribution < 1.29 is 0 Å². The first-order valence-corrected chi connectivity index (χ1v) is 6.06. The fourth-order valence-electron chi connectivity index (χ4n) is 1.69. The molecular formula is C13H15ClN4. The van der Waals surface area contributed by atoms with E-state index in [0.717, 1.165) is 28.4 Å². The fourth-order valence-corrected chi connectivity index (χ4v) is 1.81. The van der Waals surface area contributed by atoms with Crippen molar-refractivity contribution >= 4 is 11.6 Å². The van der Waals surface area contributed by atoms with Gasteiger partial charge in [0.25, 0.3) is 0 Å². The van der Waals surface area contributed by atoms with E-state index in [2.05, 4.69) is 15.4 Å². The van der Waals surface area contributed by atoms with Crippen LogP contribution in [0.3, 0.4) is 0 Å². The van der Waals surface area contributed by atoms with Crippen LogP contribution in [-0.2, 0) is 6.42 Å². The SMILES string of the molecule is Cc1cnc(C(Cc2ccc(Cl)cc2)NN)cn1. The molecule has 0 bridgehead atoms. The van der Waals surface area contributed by atoms with Crippen LogP contribution in [0.1, 0.15) is 23.0 Å². The number of hydrogen-bond acceptors (Lipinski definition) is 4. The van der Waals surface area contributed by atoms with Gasteiger partial charge in [-0.15, -0.1) is 0 Å². The molecule has 2 aromatic rings. The van der Waals surface area contributed by atoms with Crippen LogP contribution < -0.4 is 11.3 Å². The molecule has 1 heterocycles. The maximum absolute atomic E-state index is 5.85. The van der Waals surface area contributed by atoms with Gasteiger partial charge in [-0.3, -0.25) is 21.2 Å². The zero-order valence-electron chi connectivity index (χ0n) is 10.1. The molecule has 0 amide bonds. The molecule has 0 spiro atoms. The normalized spacial score (nSPS) is 12.4. The Balaban J connectivity index is 2.14. The van der Waals surface area contributed by atoms with Crippen LogP contribution in [0.15, 0.2) is 36.7 Å². The van der Waals surface area contributed by atoms with Crippen LogP contribution in [0.2, 0.25) is 5.02 Å². The van der Waals surface area contributed by atoms with E-state index in [4.69, 9.17) is 17.4 Å². The van der Waals surface area contributed by atoms with Crippen LogP contribution in [0.5, 0.6) is 0 Å². The predicted molar refractivity (Wildman–Crippen MR) is 72.0 cm³/mol. The highest BCUT2D eigenvalue weighted by atomic mass is 35.5. The smallest absolute Gasteiger partial charge is 0.0773 e. The largest absolute Gasteiger partial charge is 0.271 e. The predicted octanol–water partition coefficient (Wildman–Crippen LogP) is 2.19. The summed E-state index contributed by atoms with van der Waals surface area (Å²) in [5.41, 5.74) is 5.63. The van der Waals surface area contributed by atoms with Crippen molar-refractivity contribution in [2.75, 3.05) is 0 Å². The average Bonchev–Trinajstić information content (AvgIpc) is 2.39. The molecule has 0 saturated heterocycles. The molecule has 18 heavy (non-hydrogen) atoms. The molecule has 4 nitrogen and oxygen atoms in total. The highest BCUT2D eigenvalue weighted by Gasteiger charge is 2.12. The van der Waals surface area contributed by atoms with Gasteiger partial charge in [-0.1, -0.05) is 23.7 Å².